The van der Waals surface area contributed by atoms with Crippen molar-refractivity contribution in [3.8, 4) is 0 Å². The first-order chi connectivity index (χ1) is 8.79. The summed E-state index contributed by atoms with van der Waals surface area (Å²) in [4.78, 5) is 8.55. The summed E-state index contributed by atoms with van der Waals surface area (Å²) in [5.74, 6) is 1.16. The molecule has 2 aromatic rings. The normalized spacial score (nSPS) is 12.3. The number of aryl methyl sites for hydroxylation is 1. The van der Waals surface area contributed by atoms with Crippen molar-refractivity contribution in [2.75, 3.05) is 13.7 Å². The average molecular weight is 242 g/mol. The predicted octanol–water partition coefficient (Wildman–Crippen LogP) is 2.76. The molecule has 1 aromatic carbocycles. The first-order valence-electron chi connectivity index (χ1n) is 6.11. The topological polar surface area (TPSA) is 35.0 Å². The molecule has 0 N–H and O–H groups in total. The van der Waals surface area contributed by atoms with Crippen LogP contribution in [0.4, 0.5) is 0 Å². The van der Waals surface area contributed by atoms with Gasteiger partial charge in [-0.3, -0.25) is 0 Å². The molecule has 0 aliphatic carbocycles. The molecule has 0 fully saturated rings. The van der Waals surface area contributed by atoms with Crippen LogP contribution in [-0.2, 0) is 11.2 Å². The molecule has 0 radical (unpaired) electrons. The van der Waals surface area contributed by atoms with Gasteiger partial charge in [-0.25, -0.2) is 9.97 Å². The molecule has 0 bridgehead atoms. The Morgan fingerprint density at radius 2 is 1.78 bits per heavy atom. The highest BCUT2D eigenvalue weighted by atomic mass is 16.5. The lowest BCUT2D eigenvalue weighted by atomic mass is 9.95. The Kier molecular flexibility index (Phi) is 4.42. The van der Waals surface area contributed by atoms with E-state index in [0.717, 1.165) is 12.2 Å². The summed E-state index contributed by atoms with van der Waals surface area (Å²) in [6, 6.07) is 10.4. The minimum atomic E-state index is 0.304. The van der Waals surface area contributed by atoms with E-state index in [0.29, 0.717) is 12.5 Å². The number of hydrogen-bond acceptors (Lipinski definition) is 3. The third kappa shape index (κ3) is 3.37. The Bertz CT molecular complexity index is 468. The van der Waals surface area contributed by atoms with Gasteiger partial charge in [0, 0.05) is 31.8 Å². The van der Waals surface area contributed by atoms with Gasteiger partial charge in [0.25, 0.3) is 0 Å². The SMILES string of the molecule is COCC(Cc1ncccn1)c1ccc(C)cc1. The molecule has 3 nitrogen and oxygen atoms in total. The average Bonchev–Trinajstić information content (AvgIpc) is 2.40. The van der Waals surface area contributed by atoms with Crippen LogP contribution in [0.5, 0.6) is 0 Å². The number of benzene rings is 1. The summed E-state index contributed by atoms with van der Waals surface area (Å²) in [5.41, 5.74) is 2.54. The van der Waals surface area contributed by atoms with Crippen molar-refractivity contribution in [3.63, 3.8) is 0 Å². The van der Waals surface area contributed by atoms with Crippen molar-refractivity contribution in [1.82, 2.24) is 9.97 Å². The second kappa shape index (κ2) is 6.26. The van der Waals surface area contributed by atoms with Gasteiger partial charge >= 0.3 is 0 Å². The number of hydrogen-bond donors (Lipinski definition) is 0. The van der Waals surface area contributed by atoms with Crippen LogP contribution in [-0.4, -0.2) is 23.7 Å². The summed E-state index contributed by atoms with van der Waals surface area (Å²) < 4.78 is 5.31. The molecular weight excluding hydrogens is 224 g/mol. The van der Waals surface area contributed by atoms with E-state index in [1.165, 1.54) is 11.1 Å². The summed E-state index contributed by atoms with van der Waals surface area (Å²) >= 11 is 0. The predicted molar refractivity (Wildman–Crippen MR) is 71.5 cm³/mol. The van der Waals surface area contributed by atoms with Crippen LogP contribution in [0, 0.1) is 6.92 Å². The second-order valence-electron chi connectivity index (χ2n) is 4.43. The Morgan fingerprint density at radius 1 is 1.11 bits per heavy atom. The molecular formula is C15H18N2O. The molecule has 1 unspecified atom stereocenters. The van der Waals surface area contributed by atoms with Gasteiger partial charge in [-0.15, -0.1) is 0 Å². The van der Waals surface area contributed by atoms with Crippen molar-refractivity contribution in [3.05, 3.63) is 59.7 Å². The minimum absolute atomic E-state index is 0.304. The highest BCUT2D eigenvalue weighted by molar-refractivity contribution is 5.25. The van der Waals surface area contributed by atoms with Crippen molar-refractivity contribution in [2.45, 2.75) is 19.3 Å². The molecule has 2 rings (SSSR count). The highest BCUT2D eigenvalue weighted by Crippen LogP contribution is 2.20. The first kappa shape index (κ1) is 12.7. The largest absolute Gasteiger partial charge is 0.384 e. The molecule has 1 aromatic heterocycles. The lowest BCUT2D eigenvalue weighted by molar-refractivity contribution is 0.178. The zero-order chi connectivity index (χ0) is 12.8. The number of methoxy groups -OCH3 is 1. The van der Waals surface area contributed by atoms with Gasteiger partial charge in [0.1, 0.15) is 5.82 Å². The minimum Gasteiger partial charge on any atom is -0.384 e. The molecule has 3 heteroatoms. The van der Waals surface area contributed by atoms with E-state index >= 15 is 0 Å². The highest BCUT2D eigenvalue weighted by Gasteiger charge is 2.13. The quantitative estimate of drug-likeness (QED) is 0.808. The standard InChI is InChI=1S/C15H18N2O/c1-12-4-6-13(7-5-12)14(11-18-2)10-15-16-8-3-9-17-15/h3-9,14H,10-11H2,1-2H3. The van der Waals surface area contributed by atoms with Crippen LogP contribution >= 0.6 is 0 Å². The summed E-state index contributed by atoms with van der Waals surface area (Å²) in [6.45, 7) is 2.77. The molecule has 0 aliphatic rings. The Morgan fingerprint density at radius 3 is 2.39 bits per heavy atom. The van der Waals surface area contributed by atoms with Crippen LogP contribution in [0.3, 0.4) is 0 Å². The van der Waals surface area contributed by atoms with Crippen molar-refractivity contribution >= 4 is 0 Å². The van der Waals surface area contributed by atoms with Gasteiger partial charge in [0.05, 0.1) is 6.61 Å². The van der Waals surface area contributed by atoms with E-state index in [1.807, 2.05) is 6.07 Å². The monoisotopic (exact) mass is 242 g/mol. The molecule has 18 heavy (non-hydrogen) atoms. The summed E-state index contributed by atoms with van der Waals surface area (Å²) in [5, 5.41) is 0. The van der Waals surface area contributed by atoms with E-state index in [4.69, 9.17) is 4.74 Å². The van der Waals surface area contributed by atoms with E-state index in [2.05, 4.69) is 41.2 Å². The fraction of sp³-hybridized carbons (Fsp3) is 0.333. The lowest BCUT2D eigenvalue weighted by Gasteiger charge is -2.15. The Hall–Kier alpha value is -1.74. The summed E-state index contributed by atoms with van der Waals surface area (Å²) in [6.07, 6.45) is 4.36. The van der Waals surface area contributed by atoms with Crippen LogP contribution in [0.2, 0.25) is 0 Å². The molecule has 1 heterocycles. The van der Waals surface area contributed by atoms with Crippen LogP contribution < -0.4 is 0 Å². The zero-order valence-electron chi connectivity index (χ0n) is 10.8. The Labute approximate surface area is 108 Å². The molecule has 0 saturated carbocycles. The van der Waals surface area contributed by atoms with Gasteiger partial charge in [0.15, 0.2) is 0 Å². The third-order valence-corrected chi connectivity index (χ3v) is 2.96. The zero-order valence-corrected chi connectivity index (χ0v) is 10.8. The van der Waals surface area contributed by atoms with Crippen molar-refractivity contribution < 1.29 is 4.74 Å². The van der Waals surface area contributed by atoms with Gasteiger partial charge in [-0.05, 0) is 18.6 Å². The Balaban J connectivity index is 2.15. The fourth-order valence-corrected chi connectivity index (χ4v) is 1.97. The van der Waals surface area contributed by atoms with Crippen molar-refractivity contribution in [1.29, 1.82) is 0 Å². The second-order valence-corrected chi connectivity index (χ2v) is 4.43. The van der Waals surface area contributed by atoms with E-state index < -0.39 is 0 Å². The maximum absolute atomic E-state index is 5.31. The number of nitrogens with zero attached hydrogens (tertiary/aromatic N) is 2. The number of aromatic nitrogens is 2. The van der Waals surface area contributed by atoms with Crippen LogP contribution in [0.15, 0.2) is 42.7 Å². The number of rotatable bonds is 5. The van der Waals surface area contributed by atoms with E-state index in [-0.39, 0.29) is 0 Å². The molecule has 0 saturated heterocycles. The molecule has 0 amide bonds. The maximum Gasteiger partial charge on any atom is 0.128 e. The fourth-order valence-electron chi connectivity index (χ4n) is 1.97. The number of ether oxygens (including phenoxy) is 1. The van der Waals surface area contributed by atoms with Gasteiger partial charge in [0.2, 0.25) is 0 Å². The molecule has 94 valence electrons. The van der Waals surface area contributed by atoms with Gasteiger partial charge in [-0.1, -0.05) is 29.8 Å². The maximum atomic E-state index is 5.31. The van der Waals surface area contributed by atoms with Crippen LogP contribution in [0.1, 0.15) is 22.9 Å². The lowest BCUT2D eigenvalue weighted by Crippen LogP contribution is -2.11. The molecule has 0 spiro atoms. The molecule has 1 atom stereocenters. The third-order valence-electron chi connectivity index (χ3n) is 2.96. The van der Waals surface area contributed by atoms with E-state index in [9.17, 15) is 0 Å². The van der Waals surface area contributed by atoms with E-state index in [1.54, 1.807) is 19.5 Å². The van der Waals surface area contributed by atoms with Gasteiger partial charge in [-0.2, -0.15) is 0 Å². The van der Waals surface area contributed by atoms with Crippen LogP contribution in [0.25, 0.3) is 0 Å². The smallest absolute Gasteiger partial charge is 0.128 e. The summed E-state index contributed by atoms with van der Waals surface area (Å²) in [7, 11) is 1.73. The first-order valence-corrected chi connectivity index (χ1v) is 6.11. The van der Waals surface area contributed by atoms with Crippen molar-refractivity contribution in [2.24, 2.45) is 0 Å². The van der Waals surface area contributed by atoms with Gasteiger partial charge < -0.3 is 4.74 Å². The molecule has 0 aliphatic heterocycles.